The highest BCUT2D eigenvalue weighted by molar-refractivity contribution is 4.98. The maximum Gasteiger partial charge on any atom is 0.448 e. The van der Waals surface area contributed by atoms with Crippen LogP contribution in [0.1, 0.15) is 0 Å². The van der Waals surface area contributed by atoms with Crippen LogP contribution in [-0.2, 0) is 0 Å². The molecule has 0 unspecified atom stereocenters. The van der Waals surface area contributed by atoms with Gasteiger partial charge in [0, 0.05) is 0 Å². The van der Waals surface area contributed by atoms with Crippen molar-refractivity contribution in [2.75, 3.05) is 0 Å². The summed E-state index contributed by atoms with van der Waals surface area (Å²) in [5, 5.41) is 0. The molecule has 0 aromatic heterocycles. The van der Waals surface area contributed by atoms with Gasteiger partial charge in [0.15, 0.2) is 0 Å². The van der Waals surface area contributed by atoms with Crippen molar-refractivity contribution >= 4 is 0 Å². The van der Waals surface area contributed by atoms with Gasteiger partial charge >= 0.3 is 12.3 Å². The second kappa shape index (κ2) is 3.45. The largest absolute Gasteiger partial charge is 0.448 e. The van der Waals surface area contributed by atoms with Crippen molar-refractivity contribution in [1.29, 1.82) is 0 Å². The van der Waals surface area contributed by atoms with E-state index in [4.69, 9.17) is 0 Å². The van der Waals surface area contributed by atoms with Crippen molar-refractivity contribution in [3.8, 4) is 0 Å². The van der Waals surface area contributed by atoms with Crippen LogP contribution < -0.4 is 6.15 Å². The Morgan fingerprint density at radius 3 is 1.20 bits per heavy atom. The maximum absolute atomic E-state index is 11.0. The van der Waals surface area contributed by atoms with Crippen molar-refractivity contribution in [2.24, 2.45) is 0 Å². The smallest absolute Gasteiger partial charge is 0.344 e. The molecular weight excluding hydrogens is 164 g/mol. The van der Waals surface area contributed by atoms with Gasteiger partial charge in [0.2, 0.25) is 0 Å². The molecule has 0 aromatic rings. The molecule has 7 heteroatoms. The molecule has 10 heavy (non-hydrogen) atoms. The number of halogens is 6. The molecule has 0 rings (SSSR count). The van der Waals surface area contributed by atoms with Gasteiger partial charge in [-0.2, -0.15) is 26.3 Å². The van der Waals surface area contributed by atoms with E-state index in [9.17, 15) is 26.3 Å². The highest BCUT2D eigenvalue weighted by atomic mass is 19.4. The van der Waals surface area contributed by atoms with Crippen LogP contribution in [0, 0.1) is 0 Å². The van der Waals surface area contributed by atoms with Crippen LogP contribution in [0.5, 0.6) is 0 Å². The summed E-state index contributed by atoms with van der Waals surface area (Å²) in [5.74, 6) is -3.33. The lowest BCUT2D eigenvalue weighted by atomic mass is 10.6. The molecule has 0 fully saturated rings. The molecule has 0 saturated carbocycles. The van der Waals surface area contributed by atoms with E-state index in [-0.39, 0.29) is 6.15 Å². The number of hydrogen-bond donors (Lipinski definition) is 1. The van der Waals surface area contributed by atoms with Gasteiger partial charge in [-0.25, -0.2) is 0 Å². The average Bonchev–Trinajstić information content (AvgIpc) is 1.62. The number of hydrogen-bond acceptors (Lipinski definition) is 1. The summed E-state index contributed by atoms with van der Waals surface area (Å²) in [7, 11) is 0. The molecule has 0 atom stereocenters. The Hall–Kier alpha value is -0.720. The van der Waals surface area contributed by atoms with E-state index >= 15 is 0 Å². The minimum atomic E-state index is -5.56. The van der Waals surface area contributed by atoms with Crippen LogP contribution in [0.25, 0.3) is 0 Å². The van der Waals surface area contributed by atoms with E-state index in [2.05, 4.69) is 0 Å². The van der Waals surface area contributed by atoms with Crippen LogP contribution in [0.15, 0.2) is 11.9 Å². The van der Waals surface area contributed by atoms with E-state index in [1.165, 1.54) is 0 Å². The molecule has 0 radical (unpaired) electrons. The Kier molecular flexibility index (Phi) is 4.14. The molecule has 0 amide bonds. The molecular formula is C3H3F6N. The van der Waals surface area contributed by atoms with Crippen LogP contribution in [0.2, 0.25) is 0 Å². The molecule has 1 nitrogen and oxygen atoms in total. The predicted molar refractivity (Wildman–Crippen MR) is 21.4 cm³/mol. The lowest BCUT2D eigenvalue weighted by molar-refractivity contribution is -0.113. The van der Waals surface area contributed by atoms with E-state index in [1.54, 1.807) is 0 Å². The summed E-state index contributed by atoms with van der Waals surface area (Å²) in [4.78, 5) is 0. The van der Waals surface area contributed by atoms with Crippen molar-refractivity contribution in [2.45, 2.75) is 6.18 Å². The monoisotopic (exact) mass is 167 g/mol. The third-order valence-electron chi connectivity index (χ3n) is 0.415. The first-order valence-electron chi connectivity index (χ1n) is 1.63. The Morgan fingerprint density at radius 2 is 1.20 bits per heavy atom. The number of alkyl halides is 3. The minimum absolute atomic E-state index is 0. The summed E-state index contributed by atoms with van der Waals surface area (Å²) < 4.78 is 64.8. The third-order valence-corrected chi connectivity index (χ3v) is 0.415. The molecule has 0 aliphatic rings. The summed E-state index contributed by atoms with van der Waals surface area (Å²) >= 11 is 0. The van der Waals surface area contributed by atoms with Crippen molar-refractivity contribution in [3.63, 3.8) is 0 Å². The zero-order valence-electron chi connectivity index (χ0n) is 4.47. The molecule has 0 aromatic carbocycles. The third kappa shape index (κ3) is 3.33. The van der Waals surface area contributed by atoms with Gasteiger partial charge in [-0.3, -0.25) is 0 Å². The zero-order valence-corrected chi connectivity index (χ0v) is 4.47. The van der Waals surface area contributed by atoms with E-state index in [0.717, 1.165) is 0 Å². The molecule has 3 N–H and O–H groups in total. The second-order valence-electron chi connectivity index (χ2n) is 1.07. The highest BCUT2D eigenvalue weighted by Gasteiger charge is 2.38. The molecule has 0 heterocycles. The Bertz CT molecular complexity index is 130. The quantitative estimate of drug-likeness (QED) is 0.553. The fourth-order valence-corrected chi connectivity index (χ4v) is 0.107. The standard InChI is InChI=1S/C3F6.H3N/c4-1(2(5)6)3(7,8)9;/h;1H3. The van der Waals surface area contributed by atoms with E-state index in [1.807, 2.05) is 0 Å². The average molecular weight is 167 g/mol. The van der Waals surface area contributed by atoms with Gasteiger partial charge in [0.05, 0.1) is 0 Å². The summed E-state index contributed by atoms with van der Waals surface area (Å²) in [6, 6.07) is 0. The topological polar surface area (TPSA) is 35.0 Å². The van der Waals surface area contributed by atoms with E-state index < -0.39 is 18.1 Å². The van der Waals surface area contributed by atoms with Crippen molar-refractivity contribution in [3.05, 3.63) is 11.9 Å². The van der Waals surface area contributed by atoms with Gasteiger partial charge in [-0.15, -0.1) is 0 Å². The van der Waals surface area contributed by atoms with Gasteiger partial charge in [-0.1, -0.05) is 0 Å². The van der Waals surface area contributed by atoms with Crippen LogP contribution in [0.4, 0.5) is 26.3 Å². The van der Waals surface area contributed by atoms with Crippen LogP contribution in [-0.4, -0.2) is 6.18 Å². The Morgan fingerprint density at radius 1 is 0.900 bits per heavy atom. The van der Waals surface area contributed by atoms with Crippen LogP contribution >= 0.6 is 0 Å². The normalized spacial score (nSPS) is 10.2. The van der Waals surface area contributed by atoms with Gasteiger partial charge in [0.1, 0.15) is 0 Å². The Balaban J connectivity index is 0. The zero-order chi connectivity index (χ0) is 7.65. The number of allylic oxidation sites excluding steroid dienone is 1. The first-order chi connectivity index (χ1) is 3.85. The van der Waals surface area contributed by atoms with Crippen molar-refractivity contribution in [1.82, 2.24) is 6.15 Å². The van der Waals surface area contributed by atoms with Crippen LogP contribution in [0.3, 0.4) is 0 Å². The summed E-state index contributed by atoms with van der Waals surface area (Å²) in [5.41, 5.74) is 0. The molecule has 0 aliphatic heterocycles. The predicted octanol–water partition coefficient (Wildman–Crippen LogP) is 2.79. The summed E-state index contributed by atoms with van der Waals surface area (Å²) in [6.45, 7) is 0. The van der Waals surface area contributed by atoms with E-state index in [0.29, 0.717) is 0 Å². The number of rotatable bonds is 0. The molecule has 0 aliphatic carbocycles. The lowest BCUT2D eigenvalue weighted by Crippen LogP contribution is -2.08. The fourth-order valence-electron chi connectivity index (χ4n) is 0.107. The Labute approximate surface area is 51.9 Å². The summed E-state index contributed by atoms with van der Waals surface area (Å²) in [6.07, 6.45) is -8.90. The lowest BCUT2D eigenvalue weighted by Gasteiger charge is -1.98. The molecule has 0 bridgehead atoms. The molecule has 0 spiro atoms. The first kappa shape index (κ1) is 12.0. The van der Waals surface area contributed by atoms with Gasteiger partial charge in [0.25, 0.3) is 5.83 Å². The minimum Gasteiger partial charge on any atom is -0.344 e. The highest BCUT2D eigenvalue weighted by Crippen LogP contribution is 2.29. The second-order valence-corrected chi connectivity index (χ2v) is 1.07. The molecule has 62 valence electrons. The van der Waals surface area contributed by atoms with Crippen molar-refractivity contribution < 1.29 is 26.3 Å². The molecule has 0 saturated heterocycles. The first-order valence-corrected chi connectivity index (χ1v) is 1.63. The van der Waals surface area contributed by atoms with Gasteiger partial charge < -0.3 is 6.15 Å². The maximum atomic E-state index is 11.0. The van der Waals surface area contributed by atoms with Gasteiger partial charge in [-0.05, 0) is 0 Å². The SMILES string of the molecule is FC(F)=C(F)C(F)(F)F.N. The fraction of sp³-hybridized carbons (Fsp3) is 0.333.